The van der Waals surface area contributed by atoms with Gasteiger partial charge in [-0.1, -0.05) is 27.5 Å². The number of thiophene rings is 1. The molecule has 0 bridgehead atoms. The minimum Gasteiger partial charge on any atom is -0.277 e. The lowest BCUT2D eigenvalue weighted by Gasteiger charge is -2.08. The van der Waals surface area contributed by atoms with Crippen molar-refractivity contribution in [2.75, 3.05) is 4.72 Å². The van der Waals surface area contributed by atoms with Gasteiger partial charge in [0, 0.05) is 9.35 Å². The van der Waals surface area contributed by atoms with Gasteiger partial charge in [-0.05, 0) is 37.3 Å². The average molecular weight is 367 g/mol. The smallest absolute Gasteiger partial charge is 0.271 e. The van der Waals surface area contributed by atoms with E-state index in [1.54, 1.807) is 30.3 Å². The molecule has 2 rings (SSSR count). The molecule has 1 heterocycles. The highest BCUT2D eigenvalue weighted by atomic mass is 79.9. The molecule has 0 aliphatic heterocycles. The highest BCUT2D eigenvalue weighted by molar-refractivity contribution is 9.10. The second-order valence-corrected chi connectivity index (χ2v) is 8.11. The van der Waals surface area contributed by atoms with Crippen molar-refractivity contribution in [2.45, 2.75) is 11.1 Å². The van der Waals surface area contributed by atoms with Crippen LogP contribution in [-0.2, 0) is 10.0 Å². The van der Waals surface area contributed by atoms with Crippen LogP contribution in [0.5, 0.6) is 0 Å². The van der Waals surface area contributed by atoms with Gasteiger partial charge in [0.05, 0.1) is 10.7 Å². The Morgan fingerprint density at radius 1 is 1.28 bits per heavy atom. The minimum atomic E-state index is -3.56. The molecule has 0 atom stereocenters. The third-order valence-corrected chi connectivity index (χ3v) is 5.82. The number of hydrogen-bond donors (Lipinski definition) is 1. The number of benzene rings is 1. The Morgan fingerprint density at radius 2 is 2.00 bits per heavy atom. The first-order valence-electron chi connectivity index (χ1n) is 4.93. The number of nitrogens with one attached hydrogen (secondary N) is 1. The van der Waals surface area contributed by atoms with Crippen LogP contribution in [0.1, 0.15) is 4.88 Å². The van der Waals surface area contributed by atoms with E-state index in [1.165, 1.54) is 11.3 Å². The lowest BCUT2D eigenvalue weighted by molar-refractivity contribution is 0.603. The highest BCUT2D eigenvalue weighted by Crippen LogP contribution is 2.29. The quantitative estimate of drug-likeness (QED) is 0.881. The Morgan fingerprint density at radius 3 is 2.56 bits per heavy atom. The first-order valence-corrected chi connectivity index (χ1v) is 8.40. The van der Waals surface area contributed by atoms with Gasteiger partial charge >= 0.3 is 0 Å². The van der Waals surface area contributed by atoms with Gasteiger partial charge in [0.15, 0.2) is 0 Å². The van der Waals surface area contributed by atoms with Gasteiger partial charge in [-0.15, -0.1) is 11.3 Å². The van der Waals surface area contributed by atoms with E-state index in [0.717, 1.165) is 9.35 Å². The van der Waals surface area contributed by atoms with Crippen molar-refractivity contribution in [3.8, 4) is 0 Å². The van der Waals surface area contributed by atoms with Gasteiger partial charge in [0.25, 0.3) is 10.0 Å². The minimum absolute atomic E-state index is 0.277. The predicted octanol–water partition coefficient (Wildman–Crippen LogP) is 4.27. The van der Waals surface area contributed by atoms with Crippen LogP contribution in [0.15, 0.2) is 39.0 Å². The molecular formula is C11H9BrClNO2S2. The van der Waals surface area contributed by atoms with Gasteiger partial charge in [0.2, 0.25) is 0 Å². The summed E-state index contributed by atoms with van der Waals surface area (Å²) in [4.78, 5) is 0.942. The molecule has 0 amide bonds. The number of aryl methyl sites for hydroxylation is 1. The van der Waals surface area contributed by atoms with Gasteiger partial charge in [-0.3, -0.25) is 4.72 Å². The van der Waals surface area contributed by atoms with Crippen LogP contribution < -0.4 is 4.72 Å². The molecule has 0 fully saturated rings. The Balaban J connectivity index is 2.33. The maximum absolute atomic E-state index is 12.1. The third-order valence-electron chi connectivity index (χ3n) is 2.16. The Labute approximate surface area is 123 Å². The first kappa shape index (κ1) is 13.9. The Hall–Kier alpha value is -0.560. The number of rotatable bonds is 3. The van der Waals surface area contributed by atoms with E-state index >= 15 is 0 Å². The molecule has 18 heavy (non-hydrogen) atoms. The second kappa shape index (κ2) is 5.21. The SMILES string of the molecule is Cc1ccc(S(=O)(=O)Nc2ccc(Br)cc2Cl)s1. The maximum atomic E-state index is 12.1. The van der Waals surface area contributed by atoms with E-state index in [-0.39, 0.29) is 4.21 Å². The predicted molar refractivity (Wildman–Crippen MR) is 79.0 cm³/mol. The van der Waals surface area contributed by atoms with Crippen LogP contribution in [-0.4, -0.2) is 8.42 Å². The van der Waals surface area contributed by atoms with Crippen molar-refractivity contribution in [2.24, 2.45) is 0 Å². The molecule has 3 nitrogen and oxygen atoms in total. The zero-order chi connectivity index (χ0) is 13.3. The molecule has 0 aliphatic carbocycles. The number of hydrogen-bond acceptors (Lipinski definition) is 3. The average Bonchev–Trinajstić information content (AvgIpc) is 2.70. The van der Waals surface area contributed by atoms with Crippen LogP contribution in [0, 0.1) is 6.92 Å². The summed E-state index contributed by atoms with van der Waals surface area (Å²) < 4.78 is 27.7. The summed E-state index contributed by atoms with van der Waals surface area (Å²) in [5.41, 5.74) is 0.367. The fourth-order valence-electron chi connectivity index (χ4n) is 1.32. The Bertz CT molecular complexity index is 682. The molecule has 1 N–H and O–H groups in total. The molecule has 0 unspecified atom stereocenters. The lowest BCUT2D eigenvalue weighted by Crippen LogP contribution is -2.11. The lowest BCUT2D eigenvalue weighted by atomic mass is 10.3. The van der Waals surface area contributed by atoms with Gasteiger partial charge in [-0.25, -0.2) is 8.42 Å². The van der Waals surface area contributed by atoms with E-state index < -0.39 is 10.0 Å². The maximum Gasteiger partial charge on any atom is 0.271 e. The van der Waals surface area contributed by atoms with Crippen LogP contribution in [0.2, 0.25) is 5.02 Å². The molecule has 7 heteroatoms. The molecule has 0 saturated heterocycles. The molecule has 0 spiro atoms. The fraction of sp³-hybridized carbons (Fsp3) is 0.0909. The van der Waals surface area contributed by atoms with Crippen LogP contribution in [0.25, 0.3) is 0 Å². The molecule has 0 radical (unpaired) electrons. The molecule has 0 saturated carbocycles. The fourth-order valence-corrected chi connectivity index (χ4v) is 4.46. The Kier molecular flexibility index (Phi) is 4.01. The molecule has 96 valence electrons. The normalized spacial score (nSPS) is 11.5. The van der Waals surface area contributed by atoms with Crippen molar-refractivity contribution in [3.63, 3.8) is 0 Å². The summed E-state index contributed by atoms with van der Waals surface area (Å²) in [5.74, 6) is 0. The summed E-state index contributed by atoms with van der Waals surface area (Å²) in [6.45, 7) is 1.86. The zero-order valence-corrected chi connectivity index (χ0v) is 13.3. The molecule has 2 aromatic rings. The standard InChI is InChI=1S/C11H9BrClNO2S2/c1-7-2-5-11(17-7)18(15,16)14-10-4-3-8(12)6-9(10)13/h2-6,14H,1H3. The third kappa shape index (κ3) is 3.06. The van der Waals surface area contributed by atoms with Crippen LogP contribution >= 0.6 is 38.9 Å². The summed E-state index contributed by atoms with van der Waals surface area (Å²) in [6, 6.07) is 8.32. The van der Waals surface area contributed by atoms with E-state index in [9.17, 15) is 8.42 Å². The van der Waals surface area contributed by atoms with Crippen molar-refractivity contribution in [3.05, 3.63) is 44.7 Å². The summed E-state index contributed by atoms with van der Waals surface area (Å²) in [6.07, 6.45) is 0. The van der Waals surface area contributed by atoms with Crippen LogP contribution in [0.4, 0.5) is 5.69 Å². The summed E-state index contributed by atoms with van der Waals surface area (Å²) >= 11 is 10.5. The van der Waals surface area contributed by atoms with Crippen LogP contribution in [0.3, 0.4) is 0 Å². The number of sulfonamides is 1. The van der Waals surface area contributed by atoms with E-state index in [1.807, 2.05) is 6.92 Å². The second-order valence-electron chi connectivity index (χ2n) is 3.59. The number of anilines is 1. The summed E-state index contributed by atoms with van der Waals surface area (Å²) in [7, 11) is -3.56. The molecule has 0 aliphatic rings. The summed E-state index contributed by atoms with van der Waals surface area (Å²) in [5, 5.41) is 0.348. The van der Waals surface area contributed by atoms with Crippen molar-refractivity contribution >= 4 is 54.6 Å². The largest absolute Gasteiger partial charge is 0.277 e. The molecular weight excluding hydrogens is 358 g/mol. The number of halogens is 2. The zero-order valence-electron chi connectivity index (χ0n) is 9.28. The monoisotopic (exact) mass is 365 g/mol. The van der Waals surface area contributed by atoms with Gasteiger partial charge in [-0.2, -0.15) is 0 Å². The van der Waals surface area contributed by atoms with Gasteiger partial charge in [0.1, 0.15) is 4.21 Å². The van der Waals surface area contributed by atoms with Crippen molar-refractivity contribution in [1.82, 2.24) is 0 Å². The topological polar surface area (TPSA) is 46.2 Å². The van der Waals surface area contributed by atoms with E-state index in [0.29, 0.717) is 10.7 Å². The first-order chi connectivity index (χ1) is 8.38. The van der Waals surface area contributed by atoms with E-state index in [2.05, 4.69) is 20.7 Å². The van der Waals surface area contributed by atoms with Crippen molar-refractivity contribution in [1.29, 1.82) is 0 Å². The molecule has 1 aromatic carbocycles. The van der Waals surface area contributed by atoms with E-state index in [4.69, 9.17) is 11.6 Å². The van der Waals surface area contributed by atoms with Gasteiger partial charge < -0.3 is 0 Å². The highest BCUT2D eigenvalue weighted by Gasteiger charge is 2.17. The van der Waals surface area contributed by atoms with Crippen molar-refractivity contribution < 1.29 is 8.42 Å². The molecule has 1 aromatic heterocycles.